The number of halogens is 3. The Morgan fingerprint density at radius 3 is 2.41 bits per heavy atom. The summed E-state index contributed by atoms with van der Waals surface area (Å²) in [5.74, 6) is 0.531. The van der Waals surface area contributed by atoms with Gasteiger partial charge < -0.3 is 9.84 Å². The lowest BCUT2D eigenvalue weighted by atomic mass is 9.74. The van der Waals surface area contributed by atoms with Gasteiger partial charge in [0.1, 0.15) is 31.3 Å². The van der Waals surface area contributed by atoms with Crippen LogP contribution in [-0.2, 0) is 5.60 Å². The van der Waals surface area contributed by atoms with Crippen molar-refractivity contribution in [3.8, 4) is 5.75 Å². The minimum Gasteiger partial charge on any atom is -0.490 e. The number of hydrogen-bond acceptors (Lipinski definition) is 4. The van der Waals surface area contributed by atoms with E-state index >= 15 is 0 Å². The molecule has 0 aliphatic heterocycles. The monoisotopic (exact) mass is 439 g/mol. The number of hydrogen-bond donors (Lipinski definition) is 1. The molecular weight excluding hydrogens is 423 g/mol. The quantitative estimate of drug-likeness (QED) is 0.665. The van der Waals surface area contributed by atoms with Gasteiger partial charge in [0.05, 0.1) is 15.8 Å². The first kappa shape index (κ1) is 17.6. The fourth-order valence-electron chi connectivity index (χ4n) is 1.94. The number of thiazole rings is 1. The van der Waals surface area contributed by atoms with Gasteiger partial charge in [-0.05, 0) is 46.9 Å². The maximum Gasteiger partial charge on any atom is 0.144 e. The van der Waals surface area contributed by atoms with Crippen LogP contribution in [0.15, 0.2) is 36.0 Å². The third kappa shape index (κ3) is 3.41. The van der Waals surface area contributed by atoms with Crippen molar-refractivity contribution in [3.63, 3.8) is 0 Å². The van der Waals surface area contributed by atoms with Gasteiger partial charge >= 0.3 is 0 Å². The van der Waals surface area contributed by atoms with Crippen molar-refractivity contribution in [1.82, 2.24) is 4.98 Å². The predicted octanol–water partition coefficient (Wildman–Crippen LogP) is 3.96. The summed E-state index contributed by atoms with van der Waals surface area (Å²) in [7, 11) is 0. The molecule has 1 heterocycles. The van der Waals surface area contributed by atoms with Gasteiger partial charge in [0.2, 0.25) is 0 Å². The Kier molecular flexibility index (Phi) is 5.73. The third-order valence-corrected chi connectivity index (χ3v) is 5.33. The van der Waals surface area contributed by atoms with Crippen LogP contribution in [0.1, 0.15) is 11.8 Å². The van der Waals surface area contributed by atoms with Crippen molar-refractivity contribution >= 4 is 33.9 Å². The van der Waals surface area contributed by atoms with Crippen molar-refractivity contribution in [2.75, 3.05) is 20.0 Å². The summed E-state index contributed by atoms with van der Waals surface area (Å²) in [4.78, 5) is 4.28. The molecule has 0 amide bonds. The van der Waals surface area contributed by atoms with E-state index in [1.807, 2.05) is 12.1 Å². The number of aromatic nitrogens is 1. The molecule has 0 spiro atoms. The van der Waals surface area contributed by atoms with Gasteiger partial charge in [0.25, 0.3) is 0 Å². The second kappa shape index (κ2) is 7.18. The topological polar surface area (TPSA) is 42.4 Å². The predicted molar refractivity (Wildman–Crippen MR) is 90.7 cm³/mol. The zero-order chi connectivity index (χ0) is 16.2. The van der Waals surface area contributed by atoms with Gasteiger partial charge in [0, 0.05) is 9.77 Å². The Morgan fingerprint density at radius 1 is 1.27 bits per heavy atom. The Bertz CT molecular complexity index is 590. The maximum absolute atomic E-state index is 13.4. The average Bonchev–Trinajstić information content (AvgIpc) is 3.08. The highest BCUT2D eigenvalue weighted by Gasteiger charge is 2.50. The molecule has 2 rings (SSSR count). The van der Waals surface area contributed by atoms with Crippen molar-refractivity contribution in [2.24, 2.45) is 5.41 Å². The molecule has 1 unspecified atom stereocenters. The number of ether oxygens (including phenoxy) is 1. The van der Waals surface area contributed by atoms with Crippen LogP contribution in [0.25, 0.3) is 0 Å². The van der Waals surface area contributed by atoms with Crippen LogP contribution in [0.5, 0.6) is 5.75 Å². The first-order chi connectivity index (χ1) is 10.4. The highest BCUT2D eigenvalue weighted by atomic mass is 127. The summed E-state index contributed by atoms with van der Waals surface area (Å²) in [5, 5.41) is 11.0. The molecule has 2 aromatic rings. The van der Waals surface area contributed by atoms with Crippen molar-refractivity contribution in [2.45, 2.75) is 12.5 Å². The van der Waals surface area contributed by atoms with Crippen molar-refractivity contribution in [3.05, 3.63) is 44.4 Å². The molecule has 1 aromatic heterocycles. The Hall–Kier alpha value is -0.800. The van der Waals surface area contributed by atoms with E-state index in [9.17, 15) is 13.9 Å². The van der Waals surface area contributed by atoms with Gasteiger partial charge in [-0.3, -0.25) is 13.8 Å². The molecule has 0 saturated carbocycles. The van der Waals surface area contributed by atoms with Gasteiger partial charge in [-0.25, -0.2) is 0 Å². The molecule has 1 aromatic carbocycles. The van der Waals surface area contributed by atoms with E-state index in [0.717, 1.165) is 14.9 Å². The summed E-state index contributed by atoms with van der Waals surface area (Å²) >= 11 is 3.31. The molecule has 0 fully saturated rings. The van der Waals surface area contributed by atoms with Gasteiger partial charge in [0.15, 0.2) is 0 Å². The number of nitrogens with zero attached hydrogens (tertiary/aromatic N) is 1. The standard InChI is InChI=1S/C15H16F2INO2S/c1-14(7-16,8-17)15(20,13-6-19-10-22-13)9-21-12-4-2-11(18)3-5-12/h2-6,10,20H,7-9H2,1H3. The molecule has 22 heavy (non-hydrogen) atoms. The van der Waals surface area contributed by atoms with Crippen LogP contribution < -0.4 is 4.74 Å². The molecule has 1 N–H and O–H groups in total. The van der Waals surface area contributed by atoms with E-state index in [4.69, 9.17) is 4.74 Å². The normalized spacial score (nSPS) is 14.6. The van der Waals surface area contributed by atoms with E-state index in [-0.39, 0.29) is 6.61 Å². The fourth-order valence-corrected chi connectivity index (χ4v) is 3.16. The van der Waals surface area contributed by atoms with E-state index < -0.39 is 24.4 Å². The average molecular weight is 439 g/mol. The van der Waals surface area contributed by atoms with Crippen LogP contribution in [0.4, 0.5) is 8.78 Å². The number of aliphatic hydroxyl groups is 1. The largest absolute Gasteiger partial charge is 0.490 e. The van der Waals surface area contributed by atoms with Crippen LogP contribution in [0.2, 0.25) is 0 Å². The van der Waals surface area contributed by atoms with Crippen molar-refractivity contribution in [1.29, 1.82) is 0 Å². The lowest BCUT2D eigenvalue weighted by molar-refractivity contribution is -0.125. The number of alkyl halides is 2. The minimum atomic E-state index is -1.79. The first-order valence-electron chi connectivity index (χ1n) is 6.57. The van der Waals surface area contributed by atoms with Gasteiger partial charge in [-0.1, -0.05) is 6.92 Å². The number of benzene rings is 1. The maximum atomic E-state index is 13.4. The van der Waals surface area contributed by atoms with Crippen LogP contribution >= 0.6 is 33.9 Å². The van der Waals surface area contributed by atoms with E-state index in [2.05, 4.69) is 27.6 Å². The molecule has 0 radical (unpaired) electrons. The second-order valence-corrected chi connectivity index (χ2v) is 7.43. The summed E-state index contributed by atoms with van der Waals surface area (Å²) in [6.07, 6.45) is 1.42. The first-order valence-corrected chi connectivity index (χ1v) is 8.53. The third-order valence-electron chi connectivity index (χ3n) is 3.69. The Balaban J connectivity index is 2.27. The van der Waals surface area contributed by atoms with Gasteiger partial charge in [-0.2, -0.15) is 0 Å². The SMILES string of the molecule is CC(CF)(CF)C(O)(COc1ccc(I)cc1)c1cncs1. The van der Waals surface area contributed by atoms with E-state index in [1.54, 1.807) is 12.1 Å². The number of rotatable bonds is 7. The zero-order valence-corrected chi connectivity index (χ0v) is 14.9. The lowest BCUT2D eigenvalue weighted by Gasteiger charge is -2.40. The Labute approximate surface area is 145 Å². The zero-order valence-electron chi connectivity index (χ0n) is 11.9. The molecule has 0 aliphatic carbocycles. The summed E-state index contributed by atoms with van der Waals surface area (Å²) < 4.78 is 33.5. The smallest absolute Gasteiger partial charge is 0.144 e. The molecule has 7 heteroatoms. The Morgan fingerprint density at radius 2 is 1.91 bits per heavy atom. The van der Waals surface area contributed by atoms with Gasteiger partial charge in [-0.15, -0.1) is 11.3 Å². The lowest BCUT2D eigenvalue weighted by Crippen LogP contribution is -2.50. The highest BCUT2D eigenvalue weighted by Crippen LogP contribution is 2.42. The van der Waals surface area contributed by atoms with Crippen LogP contribution in [0, 0.1) is 8.99 Å². The molecule has 120 valence electrons. The minimum absolute atomic E-state index is 0.250. The summed E-state index contributed by atoms with van der Waals surface area (Å²) in [6.45, 7) is -0.897. The summed E-state index contributed by atoms with van der Waals surface area (Å²) in [5.41, 5.74) is -1.87. The summed E-state index contributed by atoms with van der Waals surface area (Å²) in [6, 6.07) is 7.20. The molecule has 3 nitrogen and oxygen atoms in total. The molecule has 0 saturated heterocycles. The van der Waals surface area contributed by atoms with Crippen LogP contribution in [-0.4, -0.2) is 30.0 Å². The molecular formula is C15H16F2INO2S. The second-order valence-electron chi connectivity index (χ2n) is 5.30. The van der Waals surface area contributed by atoms with Crippen LogP contribution in [0.3, 0.4) is 0 Å². The molecule has 0 bridgehead atoms. The molecule has 1 atom stereocenters. The highest BCUT2D eigenvalue weighted by molar-refractivity contribution is 14.1. The molecule has 0 aliphatic rings. The van der Waals surface area contributed by atoms with Crippen molar-refractivity contribution < 1.29 is 18.6 Å². The van der Waals surface area contributed by atoms with E-state index in [0.29, 0.717) is 10.6 Å². The fraction of sp³-hybridized carbons (Fsp3) is 0.400. The van der Waals surface area contributed by atoms with E-state index in [1.165, 1.54) is 18.6 Å².